The third-order valence-corrected chi connectivity index (χ3v) is 5.58. The molecule has 1 nitrogen and oxygen atoms in total. The highest BCUT2D eigenvalue weighted by molar-refractivity contribution is 6.44. The molecule has 0 aliphatic heterocycles. The van der Waals surface area contributed by atoms with E-state index in [1.54, 1.807) is 12.1 Å². The van der Waals surface area contributed by atoms with Gasteiger partial charge in [-0.05, 0) is 30.4 Å². The van der Waals surface area contributed by atoms with Crippen LogP contribution in [0.15, 0.2) is 12.1 Å². The molecule has 1 aliphatic carbocycles. The van der Waals surface area contributed by atoms with Crippen molar-refractivity contribution in [2.45, 2.75) is 45.7 Å². The van der Waals surface area contributed by atoms with E-state index in [-0.39, 0.29) is 0 Å². The van der Waals surface area contributed by atoms with Gasteiger partial charge in [0.25, 0.3) is 0 Å². The van der Waals surface area contributed by atoms with E-state index in [2.05, 4.69) is 19.2 Å². The molecule has 0 radical (unpaired) electrons. The Bertz CT molecular complexity index is 447. The zero-order valence-corrected chi connectivity index (χ0v) is 13.6. The molecule has 1 saturated carbocycles. The van der Waals surface area contributed by atoms with Gasteiger partial charge >= 0.3 is 0 Å². The van der Waals surface area contributed by atoms with Crippen LogP contribution in [0, 0.1) is 11.8 Å². The highest BCUT2D eigenvalue weighted by atomic mass is 35.5. The smallest absolute Gasteiger partial charge is 0.0652 e. The minimum atomic E-state index is 0.537. The Morgan fingerprint density at radius 2 is 1.79 bits per heavy atom. The molecule has 0 heterocycles. The van der Waals surface area contributed by atoms with Crippen LogP contribution in [0.1, 0.15) is 38.7 Å². The number of rotatable bonds is 3. The van der Waals surface area contributed by atoms with E-state index in [0.717, 1.165) is 11.5 Å². The van der Waals surface area contributed by atoms with Gasteiger partial charge in [-0.2, -0.15) is 0 Å². The van der Waals surface area contributed by atoms with E-state index in [1.807, 2.05) is 0 Å². The summed E-state index contributed by atoms with van der Waals surface area (Å²) in [5, 5.41) is 5.41. The largest absolute Gasteiger partial charge is 0.310 e. The molecule has 1 fully saturated rings. The summed E-state index contributed by atoms with van der Waals surface area (Å²) >= 11 is 18.5. The highest BCUT2D eigenvalue weighted by Gasteiger charge is 2.26. The first-order valence-electron chi connectivity index (χ1n) is 6.86. The van der Waals surface area contributed by atoms with E-state index in [1.165, 1.54) is 19.3 Å². The molecule has 3 atom stereocenters. The second-order valence-electron chi connectivity index (χ2n) is 5.58. The van der Waals surface area contributed by atoms with Crippen molar-refractivity contribution in [2.75, 3.05) is 0 Å². The van der Waals surface area contributed by atoms with Gasteiger partial charge in [0, 0.05) is 23.2 Å². The molecule has 19 heavy (non-hydrogen) atoms. The SMILES string of the molecule is CC1CCCC(NCc2c(Cl)ccc(Cl)c2Cl)C1C. The molecule has 2 rings (SSSR count). The lowest BCUT2D eigenvalue weighted by Gasteiger charge is -2.35. The Morgan fingerprint density at radius 1 is 1.11 bits per heavy atom. The minimum absolute atomic E-state index is 0.537. The fourth-order valence-corrected chi connectivity index (χ4v) is 3.52. The number of hydrogen-bond acceptors (Lipinski definition) is 1. The van der Waals surface area contributed by atoms with Crippen molar-refractivity contribution in [1.29, 1.82) is 0 Å². The summed E-state index contributed by atoms with van der Waals surface area (Å²) < 4.78 is 0. The van der Waals surface area contributed by atoms with Crippen LogP contribution in [-0.2, 0) is 6.54 Å². The summed E-state index contributed by atoms with van der Waals surface area (Å²) in [6.07, 6.45) is 3.85. The third-order valence-electron chi connectivity index (χ3n) is 4.39. The van der Waals surface area contributed by atoms with Crippen LogP contribution < -0.4 is 5.32 Å². The van der Waals surface area contributed by atoms with Gasteiger partial charge in [-0.15, -0.1) is 0 Å². The summed E-state index contributed by atoms with van der Waals surface area (Å²) in [6.45, 7) is 5.33. The first kappa shape index (κ1) is 15.4. The van der Waals surface area contributed by atoms with Gasteiger partial charge in [0.05, 0.1) is 10.0 Å². The van der Waals surface area contributed by atoms with Crippen LogP contribution in [0.2, 0.25) is 15.1 Å². The van der Waals surface area contributed by atoms with Crippen molar-refractivity contribution in [1.82, 2.24) is 5.32 Å². The van der Waals surface area contributed by atoms with E-state index in [0.29, 0.717) is 33.6 Å². The number of hydrogen-bond donors (Lipinski definition) is 1. The zero-order valence-electron chi connectivity index (χ0n) is 11.3. The Kier molecular flexibility index (Phi) is 5.42. The molecule has 0 bridgehead atoms. The molecule has 0 spiro atoms. The van der Waals surface area contributed by atoms with Gasteiger partial charge in [0.1, 0.15) is 0 Å². The topological polar surface area (TPSA) is 12.0 Å². The maximum Gasteiger partial charge on any atom is 0.0652 e. The van der Waals surface area contributed by atoms with Crippen LogP contribution in [0.25, 0.3) is 0 Å². The van der Waals surface area contributed by atoms with Gasteiger partial charge in [0.15, 0.2) is 0 Å². The lowest BCUT2D eigenvalue weighted by molar-refractivity contribution is 0.206. The van der Waals surface area contributed by atoms with Gasteiger partial charge in [-0.3, -0.25) is 0 Å². The summed E-state index contributed by atoms with van der Waals surface area (Å²) in [7, 11) is 0. The van der Waals surface area contributed by atoms with Crippen molar-refractivity contribution >= 4 is 34.8 Å². The first-order valence-corrected chi connectivity index (χ1v) is 8.00. The molecule has 1 aliphatic rings. The average Bonchev–Trinajstić information content (AvgIpc) is 2.39. The second kappa shape index (κ2) is 6.67. The van der Waals surface area contributed by atoms with Crippen LogP contribution >= 0.6 is 34.8 Å². The highest BCUT2D eigenvalue weighted by Crippen LogP contribution is 2.33. The zero-order chi connectivity index (χ0) is 14.0. The maximum absolute atomic E-state index is 6.22. The molecule has 1 N–H and O–H groups in total. The van der Waals surface area contributed by atoms with Crippen molar-refractivity contribution in [3.05, 3.63) is 32.8 Å². The lowest BCUT2D eigenvalue weighted by Crippen LogP contribution is -2.40. The fraction of sp³-hybridized carbons (Fsp3) is 0.600. The van der Waals surface area contributed by atoms with Crippen molar-refractivity contribution in [2.24, 2.45) is 11.8 Å². The molecule has 1 aromatic rings. The van der Waals surface area contributed by atoms with Crippen LogP contribution in [-0.4, -0.2) is 6.04 Å². The molecule has 1 aromatic carbocycles. The van der Waals surface area contributed by atoms with Crippen molar-refractivity contribution in [3.8, 4) is 0 Å². The molecule has 4 heteroatoms. The number of benzene rings is 1. The van der Waals surface area contributed by atoms with Crippen molar-refractivity contribution < 1.29 is 0 Å². The Labute approximate surface area is 130 Å². The maximum atomic E-state index is 6.22. The number of nitrogens with one attached hydrogen (secondary N) is 1. The van der Waals surface area contributed by atoms with Crippen LogP contribution in [0.5, 0.6) is 0 Å². The average molecular weight is 321 g/mol. The summed E-state index contributed by atoms with van der Waals surface area (Å²) in [4.78, 5) is 0. The van der Waals surface area contributed by atoms with E-state index < -0.39 is 0 Å². The van der Waals surface area contributed by atoms with Gasteiger partial charge < -0.3 is 5.32 Å². The molecule has 0 amide bonds. The normalized spacial score (nSPS) is 27.5. The third kappa shape index (κ3) is 3.58. The summed E-state index contributed by atoms with van der Waals surface area (Å²) in [6, 6.07) is 4.08. The predicted octanol–water partition coefficient (Wildman–Crippen LogP) is 5.56. The number of halogens is 3. The molecular weight excluding hydrogens is 301 g/mol. The monoisotopic (exact) mass is 319 g/mol. The Hall–Kier alpha value is 0.0500. The molecule has 0 saturated heterocycles. The van der Waals surface area contributed by atoms with E-state index in [9.17, 15) is 0 Å². The molecule has 106 valence electrons. The van der Waals surface area contributed by atoms with Gasteiger partial charge in [0.2, 0.25) is 0 Å². The van der Waals surface area contributed by atoms with Crippen LogP contribution in [0.3, 0.4) is 0 Å². The first-order chi connectivity index (χ1) is 9.00. The molecule has 0 aromatic heterocycles. The van der Waals surface area contributed by atoms with Gasteiger partial charge in [-0.25, -0.2) is 0 Å². The lowest BCUT2D eigenvalue weighted by atomic mass is 9.78. The van der Waals surface area contributed by atoms with Crippen LogP contribution in [0.4, 0.5) is 0 Å². The molecule has 3 unspecified atom stereocenters. The second-order valence-corrected chi connectivity index (χ2v) is 6.77. The van der Waals surface area contributed by atoms with E-state index >= 15 is 0 Å². The fourth-order valence-electron chi connectivity index (χ4n) is 2.83. The van der Waals surface area contributed by atoms with E-state index in [4.69, 9.17) is 34.8 Å². The Balaban J connectivity index is 2.04. The standard InChI is InChI=1S/C15H20Cl3N/c1-9-4-3-5-14(10(9)2)19-8-11-12(16)6-7-13(17)15(11)18/h6-7,9-10,14,19H,3-5,8H2,1-2H3. The molecular formula is C15H20Cl3N. The summed E-state index contributed by atoms with van der Waals surface area (Å²) in [5.41, 5.74) is 0.904. The van der Waals surface area contributed by atoms with Gasteiger partial charge in [-0.1, -0.05) is 61.5 Å². The van der Waals surface area contributed by atoms with Crippen molar-refractivity contribution in [3.63, 3.8) is 0 Å². The quantitative estimate of drug-likeness (QED) is 0.719. The minimum Gasteiger partial charge on any atom is -0.310 e. The predicted molar refractivity (Wildman–Crippen MR) is 84.3 cm³/mol. The summed E-state index contributed by atoms with van der Waals surface area (Å²) in [5.74, 6) is 1.46. The Morgan fingerprint density at radius 3 is 2.53 bits per heavy atom.